The molecule has 6 nitrogen and oxygen atoms in total. The predicted molar refractivity (Wildman–Crippen MR) is 89.8 cm³/mol. The van der Waals surface area contributed by atoms with Crippen LogP contribution in [0.4, 0.5) is 0 Å². The second-order valence-corrected chi connectivity index (χ2v) is 8.15. The molecule has 2 saturated heterocycles. The molecule has 3 aliphatic heterocycles. The first kappa shape index (κ1) is 15.9. The minimum absolute atomic E-state index is 0.121. The number of amides is 1. The molecule has 0 aliphatic carbocycles. The van der Waals surface area contributed by atoms with Crippen LogP contribution in [0.1, 0.15) is 6.42 Å². The van der Waals surface area contributed by atoms with Crippen molar-refractivity contribution in [1.29, 1.82) is 0 Å². The van der Waals surface area contributed by atoms with Gasteiger partial charge < -0.3 is 19.7 Å². The van der Waals surface area contributed by atoms with Gasteiger partial charge in [0.05, 0.1) is 10.8 Å². The van der Waals surface area contributed by atoms with E-state index in [1.807, 2.05) is 4.90 Å². The Hall–Kier alpha value is -1.60. The van der Waals surface area contributed by atoms with Crippen molar-refractivity contribution in [3.63, 3.8) is 0 Å². The molecule has 1 aromatic rings. The van der Waals surface area contributed by atoms with E-state index in [1.54, 1.807) is 18.2 Å². The third-order valence-corrected chi connectivity index (χ3v) is 6.37. The summed E-state index contributed by atoms with van der Waals surface area (Å²) in [6.07, 6.45) is 0.327. The number of nitrogens with one attached hydrogen (secondary N) is 1. The minimum atomic E-state index is -1.20. The second kappa shape index (κ2) is 6.72. The second-order valence-electron chi connectivity index (χ2n) is 6.58. The van der Waals surface area contributed by atoms with Gasteiger partial charge in [-0.1, -0.05) is 0 Å². The molecule has 1 aromatic carbocycles. The van der Waals surface area contributed by atoms with E-state index in [0.717, 1.165) is 26.2 Å². The lowest BCUT2D eigenvalue weighted by Crippen LogP contribution is -2.32. The molecule has 0 spiro atoms. The minimum Gasteiger partial charge on any atom is -0.486 e. The summed E-state index contributed by atoms with van der Waals surface area (Å²) in [4.78, 5) is 15.0. The molecule has 24 heavy (non-hydrogen) atoms. The Bertz CT molecular complexity index is 654. The maximum absolute atomic E-state index is 12.5. The molecule has 0 bridgehead atoms. The Kier molecular flexibility index (Phi) is 4.45. The van der Waals surface area contributed by atoms with Gasteiger partial charge in [-0.25, -0.2) is 0 Å². The van der Waals surface area contributed by atoms with Crippen molar-refractivity contribution in [2.24, 2.45) is 11.8 Å². The molecule has 3 aliphatic rings. The van der Waals surface area contributed by atoms with E-state index < -0.39 is 10.8 Å². The fourth-order valence-electron chi connectivity index (χ4n) is 3.68. The van der Waals surface area contributed by atoms with Crippen molar-refractivity contribution in [1.82, 2.24) is 10.2 Å². The highest BCUT2D eigenvalue weighted by atomic mass is 32.2. The summed E-state index contributed by atoms with van der Waals surface area (Å²) >= 11 is 0. The van der Waals surface area contributed by atoms with Gasteiger partial charge in [-0.3, -0.25) is 9.00 Å². The number of hydrogen-bond acceptors (Lipinski definition) is 5. The fraction of sp³-hybridized carbons (Fsp3) is 0.588. The van der Waals surface area contributed by atoms with Crippen LogP contribution in [0.5, 0.6) is 11.5 Å². The maximum Gasteiger partial charge on any atom is 0.223 e. The summed E-state index contributed by atoms with van der Waals surface area (Å²) in [6.45, 7) is 4.75. The quantitative estimate of drug-likeness (QED) is 0.863. The molecule has 0 aromatic heterocycles. The standard InChI is InChI=1S/C17H22N2O4S/c20-17(19-10-12-8-18-9-13(12)11-19)3-6-24(21)14-1-2-15-16(7-14)23-5-4-22-15/h1-2,7,12-13,18H,3-6,8-11H2/t12-,13+,24?. The molecular formula is C17H22N2O4S. The van der Waals surface area contributed by atoms with Crippen LogP contribution in [-0.4, -0.2) is 60.2 Å². The first-order valence-corrected chi connectivity index (χ1v) is 9.79. The van der Waals surface area contributed by atoms with Crippen LogP contribution >= 0.6 is 0 Å². The Morgan fingerprint density at radius 3 is 2.62 bits per heavy atom. The number of hydrogen-bond donors (Lipinski definition) is 1. The van der Waals surface area contributed by atoms with Crippen LogP contribution in [0, 0.1) is 11.8 Å². The third kappa shape index (κ3) is 3.15. The van der Waals surface area contributed by atoms with Crippen LogP contribution in [-0.2, 0) is 15.6 Å². The van der Waals surface area contributed by atoms with Gasteiger partial charge in [0.1, 0.15) is 13.2 Å². The van der Waals surface area contributed by atoms with Crippen molar-refractivity contribution in [3.8, 4) is 11.5 Å². The predicted octanol–water partition coefficient (Wildman–Crippen LogP) is 0.633. The highest BCUT2D eigenvalue weighted by Crippen LogP contribution is 2.32. The summed E-state index contributed by atoms with van der Waals surface area (Å²) in [5.74, 6) is 2.99. The average molecular weight is 350 g/mol. The summed E-state index contributed by atoms with van der Waals surface area (Å²) in [5, 5.41) is 3.37. The zero-order chi connectivity index (χ0) is 16.5. The zero-order valence-corrected chi connectivity index (χ0v) is 14.3. The van der Waals surface area contributed by atoms with Crippen molar-refractivity contribution in [3.05, 3.63) is 18.2 Å². The Labute approximate surface area is 144 Å². The van der Waals surface area contributed by atoms with Crippen LogP contribution in [0.2, 0.25) is 0 Å². The molecule has 0 radical (unpaired) electrons. The van der Waals surface area contributed by atoms with E-state index in [-0.39, 0.29) is 5.91 Å². The number of carbonyl (C=O) groups is 1. The first-order valence-electron chi connectivity index (χ1n) is 8.47. The van der Waals surface area contributed by atoms with Crippen molar-refractivity contribution in [2.45, 2.75) is 11.3 Å². The normalized spacial score (nSPS) is 26.2. The third-order valence-electron chi connectivity index (χ3n) is 5.02. The molecule has 2 fully saturated rings. The van der Waals surface area contributed by atoms with Crippen LogP contribution in [0.15, 0.2) is 23.1 Å². The van der Waals surface area contributed by atoms with Gasteiger partial charge in [-0.15, -0.1) is 0 Å². The number of fused-ring (bicyclic) bond motifs is 2. The molecule has 7 heteroatoms. The summed E-state index contributed by atoms with van der Waals surface area (Å²) < 4.78 is 23.5. The number of rotatable bonds is 4. The molecule has 1 unspecified atom stereocenters. The Morgan fingerprint density at radius 1 is 1.17 bits per heavy atom. The van der Waals surface area contributed by atoms with Gasteiger partial charge in [0.15, 0.2) is 11.5 Å². The van der Waals surface area contributed by atoms with Crippen molar-refractivity contribution < 1.29 is 18.5 Å². The average Bonchev–Trinajstić information content (AvgIpc) is 3.21. The van der Waals surface area contributed by atoms with Gasteiger partial charge in [0.25, 0.3) is 0 Å². The number of carbonyl (C=O) groups excluding carboxylic acids is 1. The van der Waals surface area contributed by atoms with E-state index in [9.17, 15) is 9.00 Å². The summed E-state index contributed by atoms with van der Waals surface area (Å²) in [6, 6.07) is 5.35. The molecule has 1 N–H and O–H groups in total. The van der Waals surface area contributed by atoms with Gasteiger partial charge in [0, 0.05) is 49.3 Å². The number of benzene rings is 1. The van der Waals surface area contributed by atoms with E-state index in [4.69, 9.17) is 9.47 Å². The molecule has 0 saturated carbocycles. The number of ether oxygens (including phenoxy) is 2. The van der Waals surface area contributed by atoms with E-state index >= 15 is 0 Å². The molecule has 130 valence electrons. The van der Waals surface area contributed by atoms with Crippen molar-refractivity contribution >= 4 is 16.7 Å². The van der Waals surface area contributed by atoms with Crippen LogP contribution in [0.25, 0.3) is 0 Å². The molecule has 3 heterocycles. The summed E-state index contributed by atoms with van der Waals surface area (Å²) in [5.41, 5.74) is 0. The van der Waals surface area contributed by atoms with Crippen LogP contribution in [0.3, 0.4) is 0 Å². The first-order chi connectivity index (χ1) is 11.7. The highest BCUT2D eigenvalue weighted by Gasteiger charge is 2.37. The maximum atomic E-state index is 12.5. The lowest BCUT2D eigenvalue weighted by atomic mass is 10.0. The molecule has 4 rings (SSSR count). The SMILES string of the molecule is O=C(CCS(=O)c1ccc2c(c1)OCCO2)N1C[C@H]2CNC[C@H]2C1. The van der Waals surface area contributed by atoms with Crippen LogP contribution < -0.4 is 14.8 Å². The van der Waals surface area contributed by atoms with Crippen molar-refractivity contribution in [2.75, 3.05) is 45.1 Å². The topological polar surface area (TPSA) is 67.9 Å². The van der Waals surface area contributed by atoms with Gasteiger partial charge in [-0.2, -0.15) is 0 Å². The van der Waals surface area contributed by atoms with E-state index in [2.05, 4.69) is 5.32 Å². The van der Waals surface area contributed by atoms with E-state index in [1.165, 1.54) is 0 Å². The molecule has 3 atom stereocenters. The fourth-order valence-corrected chi connectivity index (χ4v) is 4.73. The Morgan fingerprint density at radius 2 is 1.88 bits per heavy atom. The monoisotopic (exact) mass is 350 g/mol. The Balaban J connectivity index is 1.32. The lowest BCUT2D eigenvalue weighted by molar-refractivity contribution is -0.130. The lowest BCUT2D eigenvalue weighted by Gasteiger charge is -2.19. The smallest absolute Gasteiger partial charge is 0.223 e. The molecule has 1 amide bonds. The van der Waals surface area contributed by atoms with Gasteiger partial charge in [-0.05, 0) is 24.0 Å². The van der Waals surface area contributed by atoms with Gasteiger partial charge in [0.2, 0.25) is 5.91 Å². The van der Waals surface area contributed by atoms with Gasteiger partial charge >= 0.3 is 0 Å². The van der Waals surface area contributed by atoms with E-state index in [0.29, 0.717) is 53.6 Å². The summed E-state index contributed by atoms with van der Waals surface area (Å²) in [7, 11) is -1.20. The number of likely N-dealkylation sites (tertiary alicyclic amines) is 1. The number of nitrogens with zero attached hydrogens (tertiary/aromatic N) is 1. The highest BCUT2D eigenvalue weighted by molar-refractivity contribution is 7.85. The molecular weight excluding hydrogens is 328 g/mol. The largest absolute Gasteiger partial charge is 0.486 e. The zero-order valence-electron chi connectivity index (χ0n) is 13.5.